The van der Waals surface area contributed by atoms with Crippen LogP contribution in [0.2, 0.25) is 5.04 Å². The molecular formula is C28H38O6Si. The van der Waals surface area contributed by atoms with Gasteiger partial charge >= 0.3 is 0 Å². The summed E-state index contributed by atoms with van der Waals surface area (Å²) in [5.41, 5.74) is 0. The van der Waals surface area contributed by atoms with E-state index < -0.39 is 44.8 Å². The lowest BCUT2D eigenvalue weighted by Gasteiger charge is -2.45. The molecule has 0 unspecified atom stereocenters. The van der Waals surface area contributed by atoms with Gasteiger partial charge in [0, 0.05) is 0 Å². The minimum Gasteiger partial charge on any atom is -0.405 e. The van der Waals surface area contributed by atoms with E-state index in [-0.39, 0.29) is 11.6 Å². The molecule has 0 saturated carbocycles. The molecule has 2 heterocycles. The Morgan fingerprint density at radius 2 is 1.51 bits per heavy atom. The molecule has 2 aromatic rings. The molecule has 2 aromatic carbocycles. The minimum atomic E-state index is -2.79. The topological polar surface area (TPSA) is 66.4 Å². The summed E-state index contributed by atoms with van der Waals surface area (Å²) in [7, 11) is -2.79. The van der Waals surface area contributed by atoms with E-state index in [1.807, 2.05) is 26.0 Å². The van der Waals surface area contributed by atoms with Crippen LogP contribution in [0, 0.1) is 0 Å². The maximum Gasteiger partial charge on any atom is 0.261 e. The Morgan fingerprint density at radius 1 is 0.971 bits per heavy atom. The van der Waals surface area contributed by atoms with Gasteiger partial charge in [0.15, 0.2) is 12.1 Å². The van der Waals surface area contributed by atoms with Crippen LogP contribution in [-0.2, 0) is 23.4 Å². The average molecular weight is 499 g/mol. The second kappa shape index (κ2) is 10.3. The van der Waals surface area contributed by atoms with Gasteiger partial charge in [-0.1, -0.05) is 87.5 Å². The van der Waals surface area contributed by atoms with Gasteiger partial charge in [-0.15, -0.1) is 6.58 Å². The molecular weight excluding hydrogens is 460 g/mol. The van der Waals surface area contributed by atoms with E-state index in [2.05, 4.69) is 75.9 Å². The third-order valence-electron chi connectivity index (χ3n) is 6.72. The molecule has 2 saturated heterocycles. The SMILES string of the molecule is C=CCO[C@H]1O[C@H](CO[Si](c2ccccc2)(c2ccccc2)C(C)(C)C)[C@@H](O)[C@@H]2OC(C)(C)O[C@H]12. The number of hydrogen-bond acceptors (Lipinski definition) is 6. The average Bonchev–Trinajstić information content (AvgIpc) is 3.16. The van der Waals surface area contributed by atoms with Crippen molar-refractivity contribution in [3.05, 3.63) is 73.3 Å². The van der Waals surface area contributed by atoms with Crippen molar-refractivity contribution in [1.29, 1.82) is 0 Å². The molecule has 0 bridgehead atoms. The van der Waals surface area contributed by atoms with Crippen molar-refractivity contribution in [2.45, 2.75) is 76.1 Å². The van der Waals surface area contributed by atoms with Crippen molar-refractivity contribution in [3.63, 3.8) is 0 Å². The van der Waals surface area contributed by atoms with Gasteiger partial charge in [-0.05, 0) is 29.3 Å². The molecule has 6 nitrogen and oxygen atoms in total. The first kappa shape index (κ1) is 26.2. The van der Waals surface area contributed by atoms with Crippen molar-refractivity contribution in [2.75, 3.05) is 13.2 Å². The standard InChI is InChI=1S/C28H38O6Si/c1-7-18-30-26-25-24(33-28(5,6)34-25)23(29)22(32-26)19-31-35(27(2,3)4,20-14-10-8-11-15-20)21-16-12-9-13-17-21/h7-17,22-26,29H,1,18-19H2,2-6H3/t22-,23-,24+,25+,26+/m1/s1. The van der Waals surface area contributed by atoms with Crippen molar-refractivity contribution in [2.24, 2.45) is 0 Å². The monoisotopic (exact) mass is 498 g/mol. The van der Waals surface area contributed by atoms with Gasteiger partial charge in [-0.3, -0.25) is 0 Å². The van der Waals surface area contributed by atoms with Gasteiger partial charge in [0.25, 0.3) is 8.32 Å². The molecule has 190 valence electrons. The van der Waals surface area contributed by atoms with Crippen molar-refractivity contribution in [3.8, 4) is 0 Å². The molecule has 2 aliphatic rings. The number of fused-ring (bicyclic) bond motifs is 1. The Labute approximate surface area is 209 Å². The van der Waals surface area contributed by atoms with E-state index in [0.29, 0.717) is 6.61 Å². The number of benzene rings is 2. The van der Waals surface area contributed by atoms with Crippen LogP contribution in [0.15, 0.2) is 73.3 Å². The van der Waals surface area contributed by atoms with Gasteiger partial charge in [0.2, 0.25) is 0 Å². The Hall–Kier alpha value is -1.84. The lowest BCUT2D eigenvalue weighted by atomic mass is 9.99. The summed E-state index contributed by atoms with van der Waals surface area (Å²) in [6, 6.07) is 20.8. The zero-order chi connectivity index (χ0) is 25.3. The highest BCUT2D eigenvalue weighted by atomic mass is 28.4. The van der Waals surface area contributed by atoms with Crippen LogP contribution in [0.5, 0.6) is 0 Å². The van der Waals surface area contributed by atoms with E-state index in [1.165, 1.54) is 10.4 Å². The lowest BCUT2D eigenvalue weighted by Crippen LogP contribution is -2.68. The molecule has 0 spiro atoms. The normalized spacial score (nSPS) is 28.5. The first-order valence-corrected chi connectivity index (χ1v) is 14.2. The molecule has 2 fully saturated rings. The van der Waals surface area contributed by atoms with Crippen LogP contribution in [-0.4, -0.2) is 63.1 Å². The molecule has 0 aromatic heterocycles. The highest BCUT2D eigenvalue weighted by molar-refractivity contribution is 6.99. The van der Waals surface area contributed by atoms with E-state index in [9.17, 15) is 5.11 Å². The quantitative estimate of drug-likeness (QED) is 0.445. The lowest BCUT2D eigenvalue weighted by molar-refractivity contribution is -0.276. The van der Waals surface area contributed by atoms with Crippen molar-refractivity contribution in [1.82, 2.24) is 0 Å². The smallest absolute Gasteiger partial charge is 0.261 e. The molecule has 0 aliphatic carbocycles. The van der Waals surface area contributed by atoms with E-state index in [0.717, 1.165) is 0 Å². The summed E-state index contributed by atoms with van der Waals surface area (Å²) in [6.07, 6.45) is -1.73. The Kier molecular flexibility index (Phi) is 7.69. The minimum absolute atomic E-state index is 0.189. The van der Waals surface area contributed by atoms with E-state index >= 15 is 0 Å². The molecule has 5 atom stereocenters. The molecule has 7 heteroatoms. The summed E-state index contributed by atoms with van der Waals surface area (Å²) in [5.74, 6) is -0.844. The van der Waals surface area contributed by atoms with Crippen LogP contribution in [0.25, 0.3) is 0 Å². The molecule has 35 heavy (non-hydrogen) atoms. The predicted molar refractivity (Wildman–Crippen MR) is 138 cm³/mol. The van der Waals surface area contributed by atoms with Crippen LogP contribution >= 0.6 is 0 Å². The third kappa shape index (κ3) is 5.18. The Bertz CT molecular complexity index is 934. The summed E-state index contributed by atoms with van der Waals surface area (Å²) < 4.78 is 31.2. The molecule has 4 rings (SSSR count). The fourth-order valence-corrected chi connectivity index (χ4v) is 9.81. The van der Waals surface area contributed by atoms with E-state index in [4.69, 9.17) is 23.4 Å². The van der Waals surface area contributed by atoms with Gasteiger partial charge < -0.3 is 28.5 Å². The zero-order valence-corrected chi connectivity index (χ0v) is 22.3. The Balaban J connectivity index is 1.67. The zero-order valence-electron chi connectivity index (χ0n) is 21.3. The highest BCUT2D eigenvalue weighted by Crippen LogP contribution is 2.40. The summed E-state index contributed by atoms with van der Waals surface area (Å²) >= 11 is 0. The Morgan fingerprint density at radius 3 is 2.03 bits per heavy atom. The maximum atomic E-state index is 11.3. The van der Waals surface area contributed by atoms with Crippen molar-refractivity contribution < 1.29 is 28.5 Å². The molecule has 0 amide bonds. The second-order valence-electron chi connectivity index (χ2n) is 10.7. The number of aliphatic hydroxyl groups is 1. The summed E-state index contributed by atoms with van der Waals surface area (Å²) in [4.78, 5) is 0. The third-order valence-corrected chi connectivity index (χ3v) is 11.7. The van der Waals surface area contributed by atoms with Gasteiger partial charge in [0.1, 0.15) is 24.4 Å². The largest absolute Gasteiger partial charge is 0.405 e. The van der Waals surface area contributed by atoms with Crippen LogP contribution in [0.4, 0.5) is 0 Å². The molecule has 2 aliphatic heterocycles. The van der Waals surface area contributed by atoms with Gasteiger partial charge in [-0.25, -0.2) is 0 Å². The fourth-order valence-electron chi connectivity index (χ4n) is 5.24. The number of hydrogen-bond donors (Lipinski definition) is 1. The number of rotatable bonds is 8. The molecule has 1 N–H and O–H groups in total. The molecule has 0 radical (unpaired) electrons. The highest BCUT2D eigenvalue weighted by Gasteiger charge is 2.57. The number of aliphatic hydroxyl groups excluding tert-OH is 1. The summed E-state index contributed by atoms with van der Waals surface area (Å²) in [5, 5.41) is 13.4. The summed E-state index contributed by atoms with van der Waals surface area (Å²) in [6.45, 7) is 14.6. The van der Waals surface area contributed by atoms with Gasteiger partial charge in [-0.2, -0.15) is 0 Å². The van der Waals surface area contributed by atoms with Crippen LogP contribution in [0.1, 0.15) is 34.6 Å². The second-order valence-corrected chi connectivity index (χ2v) is 15.0. The van der Waals surface area contributed by atoms with Gasteiger partial charge in [0.05, 0.1) is 13.2 Å². The number of ether oxygens (including phenoxy) is 4. The predicted octanol–water partition coefficient (Wildman–Crippen LogP) is 3.37. The fraction of sp³-hybridized carbons (Fsp3) is 0.500. The maximum absolute atomic E-state index is 11.3. The first-order chi connectivity index (χ1) is 16.6. The van der Waals surface area contributed by atoms with Crippen LogP contribution < -0.4 is 10.4 Å². The van der Waals surface area contributed by atoms with E-state index in [1.54, 1.807) is 6.08 Å². The van der Waals surface area contributed by atoms with Crippen molar-refractivity contribution >= 4 is 18.7 Å². The first-order valence-electron chi connectivity index (χ1n) is 12.3. The van der Waals surface area contributed by atoms with Crippen LogP contribution in [0.3, 0.4) is 0 Å².